The van der Waals surface area contributed by atoms with E-state index in [2.05, 4.69) is 5.10 Å². The third-order valence-electron chi connectivity index (χ3n) is 2.31. The molecule has 2 rings (SSSR count). The zero-order chi connectivity index (χ0) is 10.1. The third kappa shape index (κ3) is 1.24. The van der Waals surface area contributed by atoms with Crippen molar-refractivity contribution in [3.8, 4) is 5.88 Å². The summed E-state index contributed by atoms with van der Waals surface area (Å²) in [6.07, 6.45) is 0. The molecular formula is C10H13N3O. The fourth-order valence-corrected chi connectivity index (χ4v) is 1.55. The molecule has 14 heavy (non-hydrogen) atoms. The van der Waals surface area contributed by atoms with E-state index < -0.39 is 0 Å². The predicted molar refractivity (Wildman–Crippen MR) is 55.2 cm³/mol. The lowest BCUT2D eigenvalue weighted by Crippen LogP contribution is -1.96. The first-order chi connectivity index (χ1) is 6.76. The van der Waals surface area contributed by atoms with E-state index in [0.717, 1.165) is 16.5 Å². The van der Waals surface area contributed by atoms with Crippen LogP contribution in [0.4, 0.5) is 0 Å². The van der Waals surface area contributed by atoms with Crippen LogP contribution in [0.5, 0.6) is 5.88 Å². The second-order valence-electron chi connectivity index (χ2n) is 3.19. The largest absolute Gasteiger partial charge is 0.479 e. The van der Waals surface area contributed by atoms with Gasteiger partial charge >= 0.3 is 0 Å². The Kier molecular flexibility index (Phi) is 2.13. The number of fused-ring (bicyclic) bond motifs is 1. The molecule has 0 atom stereocenters. The van der Waals surface area contributed by atoms with Gasteiger partial charge in [0.05, 0.1) is 18.0 Å². The second kappa shape index (κ2) is 3.31. The lowest BCUT2D eigenvalue weighted by molar-refractivity contribution is 0.396. The minimum atomic E-state index is 0.545. The van der Waals surface area contributed by atoms with Gasteiger partial charge in [0.25, 0.3) is 0 Å². The average Bonchev–Trinajstić information content (AvgIpc) is 2.55. The first-order valence-electron chi connectivity index (χ1n) is 4.46. The highest BCUT2D eigenvalue weighted by atomic mass is 16.5. The number of rotatable bonds is 2. The van der Waals surface area contributed by atoms with Crippen LogP contribution < -0.4 is 10.5 Å². The minimum absolute atomic E-state index is 0.545. The molecule has 0 saturated carbocycles. The van der Waals surface area contributed by atoms with Crippen LogP contribution in [0.15, 0.2) is 18.2 Å². The number of hydrogen-bond acceptors (Lipinski definition) is 3. The van der Waals surface area contributed by atoms with Crippen molar-refractivity contribution in [1.29, 1.82) is 0 Å². The van der Waals surface area contributed by atoms with Crippen LogP contribution in [0.3, 0.4) is 0 Å². The Morgan fingerprint density at radius 3 is 2.93 bits per heavy atom. The molecule has 1 aromatic carbocycles. The summed E-state index contributed by atoms with van der Waals surface area (Å²) in [7, 11) is 3.52. The number of nitrogens with two attached hydrogens (primary N) is 1. The van der Waals surface area contributed by atoms with Gasteiger partial charge in [0.1, 0.15) is 0 Å². The number of methoxy groups -OCH3 is 1. The van der Waals surface area contributed by atoms with Crippen molar-refractivity contribution in [3.63, 3.8) is 0 Å². The monoisotopic (exact) mass is 191 g/mol. The Balaban J connectivity index is 2.70. The van der Waals surface area contributed by atoms with Crippen LogP contribution in [-0.2, 0) is 13.6 Å². The zero-order valence-corrected chi connectivity index (χ0v) is 8.32. The van der Waals surface area contributed by atoms with Crippen LogP contribution >= 0.6 is 0 Å². The summed E-state index contributed by atoms with van der Waals surface area (Å²) in [4.78, 5) is 0. The Morgan fingerprint density at radius 2 is 2.29 bits per heavy atom. The molecule has 0 saturated heterocycles. The van der Waals surface area contributed by atoms with E-state index in [4.69, 9.17) is 10.5 Å². The van der Waals surface area contributed by atoms with Crippen LogP contribution in [-0.4, -0.2) is 16.9 Å². The van der Waals surface area contributed by atoms with Gasteiger partial charge in [0.2, 0.25) is 5.88 Å². The number of ether oxygens (including phenoxy) is 1. The van der Waals surface area contributed by atoms with Crippen LogP contribution in [0.25, 0.3) is 10.9 Å². The SMILES string of the molecule is COc1nn(C)c2cc(CN)ccc12. The Labute approximate surface area is 82.3 Å². The van der Waals surface area contributed by atoms with Crippen molar-refractivity contribution < 1.29 is 4.74 Å². The van der Waals surface area contributed by atoms with Gasteiger partial charge in [-0.2, -0.15) is 0 Å². The highest BCUT2D eigenvalue weighted by molar-refractivity contribution is 5.85. The van der Waals surface area contributed by atoms with E-state index in [1.165, 1.54) is 0 Å². The zero-order valence-electron chi connectivity index (χ0n) is 8.32. The van der Waals surface area contributed by atoms with Crippen molar-refractivity contribution in [2.24, 2.45) is 12.8 Å². The number of hydrogen-bond donors (Lipinski definition) is 1. The maximum atomic E-state index is 5.57. The lowest BCUT2D eigenvalue weighted by atomic mass is 10.1. The molecule has 0 aliphatic rings. The van der Waals surface area contributed by atoms with Crippen molar-refractivity contribution in [2.75, 3.05) is 7.11 Å². The topological polar surface area (TPSA) is 53.1 Å². The van der Waals surface area contributed by atoms with E-state index in [1.807, 2.05) is 25.2 Å². The molecule has 2 aromatic rings. The summed E-state index contributed by atoms with van der Waals surface area (Å²) in [6.45, 7) is 0.545. The van der Waals surface area contributed by atoms with E-state index in [1.54, 1.807) is 11.8 Å². The second-order valence-corrected chi connectivity index (χ2v) is 3.19. The van der Waals surface area contributed by atoms with E-state index in [-0.39, 0.29) is 0 Å². The molecule has 74 valence electrons. The quantitative estimate of drug-likeness (QED) is 0.771. The van der Waals surface area contributed by atoms with Gasteiger partial charge in [-0.25, -0.2) is 0 Å². The molecule has 0 fully saturated rings. The number of aromatic nitrogens is 2. The summed E-state index contributed by atoms with van der Waals surface area (Å²) < 4.78 is 6.96. The summed E-state index contributed by atoms with van der Waals surface area (Å²) in [5, 5.41) is 5.26. The lowest BCUT2D eigenvalue weighted by Gasteiger charge is -1.98. The van der Waals surface area contributed by atoms with Gasteiger partial charge in [-0.15, -0.1) is 5.10 Å². The highest BCUT2D eigenvalue weighted by Crippen LogP contribution is 2.24. The van der Waals surface area contributed by atoms with Crippen molar-refractivity contribution in [3.05, 3.63) is 23.8 Å². The first kappa shape index (κ1) is 9.02. The Morgan fingerprint density at radius 1 is 1.50 bits per heavy atom. The smallest absolute Gasteiger partial charge is 0.240 e. The molecule has 0 spiro atoms. The van der Waals surface area contributed by atoms with Crippen molar-refractivity contribution >= 4 is 10.9 Å². The molecule has 0 bridgehead atoms. The number of aryl methyl sites for hydroxylation is 1. The molecule has 0 amide bonds. The van der Waals surface area contributed by atoms with Gasteiger partial charge in [-0.3, -0.25) is 4.68 Å². The summed E-state index contributed by atoms with van der Waals surface area (Å²) >= 11 is 0. The summed E-state index contributed by atoms with van der Waals surface area (Å²) in [5.41, 5.74) is 7.72. The molecular weight excluding hydrogens is 178 g/mol. The molecule has 0 aliphatic carbocycles. The van der Waals surface area contributed by atoms with Gasteiger partial charge in [0, 0.05) is 13.6 Å². The predicted octanol–water partition coefficient (Wildman–Crippen LogP) is 1.04. The molecule has 2 N–H and O–H groups in total. The third-order valence-corrected chi connectivity index (χ3v) is 2.31. The van der Waals surface area contributed by atoms with E-state index >= 15 is 0 Å². The molecule has 4 nitrogen and oxygen atoms in total. The molecule has 0 unspecified atom stereocenters. The fraction of sp³-hybridized carbons (Fsp3) is 0.300. The van der Waals surface area contributed by atoms with Gasteiger partial charge in [-0.05, 0) is 17.7 Å². The van der Waals surface area contributed by atoms with Crippen LogP contribution in [0, 0.1) is 0 Å². The summed E-state index contributed by atoms with van der Waals surface area (Å²) in [5.74, 6) is 0.658. The Bertz CT molecular complexity index is 462. The van der Waals surface area contributed by atoms with Crippen LogP contribution in [0.1, 0.15) is 5.56 Å². The molecule has 0 aliphatic heterocycles. The highest BCUT2D eigenvalue weighted by Gasteiger charge is 2.08. The van der Waals surface area contributed by atoms with E-state index in [9.17, 15) is 0 Å². The number of nitrogens with zero attached hydrogens (tertiary/aromatic N) is 2. The maximum Gasteiger partial charge on any atom is 0.240 e. The van der Waals surface area contributed by atoms with Crippen molar-refractivity contribution in [2.45, 2.75) is 6.54 Å². The normalized spacial score (nSPS) is 10.8. The Hall–Kier alpha value is -1.55. The minimum Gasteiger partial charge on any atom is -0.479 e. The van der Waals surface area contributed by atoms with E-state index in [0.29, 0.717) is 12.4 Å². The molecule has 0 radical (unpaired) electrons. The molecule has 4 heteroatoms. The van der Waals surface area contributed by atoms with Gasteiger partial charge in [-0.1, -0.05) is 6.07 Å². The molecule has 1 heterocycles. The van der Waals surface area contributed by atoms with Crippen LogP contribution in [0.2, 0.25) is 0 Å². The maximum absolute atomic E-state index is 5.57. The standard InChI is InChI=1S/C10H13N3O/c1-13-9-5-7(6-11)3-4-8(9)10(12-13)14-2/h3-5H,6,11H2,1-2H3. The average molecular weight is 191 g/mol. The van der Waals surface area contributed by atoms with Gasteiger partial charge in [0.15, 0.2) is 0 Å². The molecule has 1 aromatic heterocycles. The van der Waals surface area contributed by atoms with Crippen molar-refractivity contribution in [1.82, 2.24) is 9.78 Å². The van der Waals surface area contributed by atoms with Gasteiger partial charge < -0.3 is 10.5 Å². The fourth-order valence-electron chi connectivity index (χ4n) is 1.55. The first-order valence-corrected chi connectivity index (χ1v) is 4.46. The summed E-state index contributed by atoms with van der Waals surface area (Å²) in [6, 6.07) is 6.01. The number of benzene rings is 1.